The fraction of sp³-hybridized carbons (Fsp3) is 0.409. The van der Waals surface area contributed by atoms with Crippen LogP contribution in [0, 0.1) is 0 Å². The predicted octanol–water partition coefficient (Wildman–Crippen LogP) is 2.08. The Morgan fingerprint density at radius 3 is 2.91 bits per heavy atom. The van der Waals surface area contributed by atoms with Crippen LogP contribution in [0.15, 0.2) is 36.7 Å². The first-order chi connectivity index (χ1) is 16.1. The molecule has 0 aliphatic carbocycles. The van der Waals surface area contributed by atoms with Gasteiger partial charge in [0.1, 0.15) is 11.4 Å². The van der Waals surface area contributed by atoms with Crippen molar-refractivity contribution in [3.8, 4) is 0 Å². The van der Waals surface area contributed by atoms with Gasteiger partial charge in [-0.25, -0.2) is 0 Å². The normalized spacial score (nSPS) is 15.9. The summed E-state index contributed by atoms with van der Waals surface area (Å²) in [5.41, 5.74) is 1.79. The number of amides is 3. The lowest BCUT2D eigenvalue weighted by Gasteiger charge is -2.35. The molecule has 0 saturated carbocycles. The maximum absolute atomic E-state index is 13.2. The van der Waals surface area contributed by atoms with E-state index >= 15 is 0 Å². The van der Waals surface area contributed by atoms with Gasteiger partial charge in [0, 0.05) is 44.5 Å². The first-order valence-electron chi connectivity index (χ1n) is 11.2. The minimum atomic E-state index is -0.263. The van der Waals surface area contributed by atoms with Gasteiger partial charge in [0.25, 0.3) is 11.8 Å². The fourth-order valence-corrected chi connectivity index (χ4v) is 4.04. The van der Waals surface area contributed by atoms with Crippen LogP contribution in [0.4, 0.5) is 5.82 Å². The van der Waals surface area contributed by atoms with Crippen molar-refractivity contribution in [1.29, 1.82) is 0 Å². The van der Waals surface area contributed by atoms with Crippen molar-refractivity contribution in [3.63, 3.8) is 0 Å². The van der Waals surface area contributed by atoms with Crippen molar-refractivity contribution in [2.45, 2.75) is 45.2 Å². The molecule has 0 unspecified atom stereocenters. The molecule has 4 heterocycles. The number of carbonyl (C=O) groups is 3. The third kappa shape index (κ3) is 5.13. The third-order valence-corrected chi connectivity index (χ3v) is 5.70. The summed E-state index contributed by atoms with van der Waals surface area (Å²) in [5, 5.41) is 16.8. The summed E-state index contributed by atoms with van der Waals surface area (Å²) in [6.45, 7) is 3.43. The van der Waals surface area contributed by atoms with Crippen LogP contribution in [-0.4, -0.2) is 60.7 Å². The number of aromatic nitrogens is 5. The van der Waals surface area contributed by atoms with Crippen molar-refractivity contribution < 1.29 is 14.4 Å². The second-order valence-corrected chi connectivity index (χ2v) is 7.89. The maximum Gasteiger partial charge on any atom is 0.272 e. The molecular formula is C22H28N8O3. The van der Waals surface area contributed by atoms with E-state index in [1.807, 2.05) is 11.8 Å². The molecular weight excluding hydrogens is 424 g/mol. The average Bonchev–Trinajstić information content (AvgIpc) is 3.60. The molecule has 3 amide bonds. The molecule has 4 rings (SSSR count). The molecule has 1 aliphatic heterocycles. The van der Waals surface area contributed by atoms with Gasteiger partial charge in [-0.15, -0.1) is 0 Å². The molecule has 1 atom stereocenters. The van der Waals surface area contributed by atoms with E-state index < -0.39 is 0 Å². The summed E-state index contributed by atoms with van der Waals surface area (Å²) in [6.07, 6.45) is 6.17. The number of rotatable bonds is 8. The van der Waals surface area contributed by atoms with E-state index in [2.05, 4.69) is 30.9 Å². The largest absolute Gasteiger partial charge is 0.357 e. The molecule has 33 heavy (non-hydrogen) atoms. The number of hydrogen-bond acceptors (Lipinski definition) is 5. The lowest BCUT2D eigenvalue weighted by molar-refractivity contribution is -0.116. The highest BCUT2D eigenvalue weighted by molar-refractivity contribution is 5.94. The van der Waals surface area contributed by atoms with Gasteiger partial charge in [0.05, 0.1) is 11.7 Å². The highest BCUT2D eigenvalue weighted by atomic mass is 16.2. The monoisotopic (exact) mass is 452 g/mol. The third-order valence-electron chi connectivity index (χ3n) is 5.70. The van der Waals surface area contributed by atoms with Crippen molar-refractivity contribution in [3.05, 3.63) is 53.7 Å². The molecule has 0 bridgehead atoms. The molecule has 3 aromatic heterocycles. The zero-order valence-electron chi connectivity index (χ0n) is 18.5. The van der Waals surface area contributed by atoms with Crippen LogP contribution in [0.1, 0.15) is 65.3 Å². The van der Waals surface area contributed by atoms with Crippen molar-refractivity contribution >= 4 is 23.5 Å². The Morgan fingerprint density at radius 2 is 2.12 bits per heavy atom. The second-order valence-electron chi connectivity index (χ2n) is 7.89. The number of carbonyl (C=O) groups excluding carboxylic acids is 3. The number of likely N-dealkylation sites (tertiary alicyclic amines) is 1. The van der Waals surface area contributed by atoms with Crippen molar-refractivity contribution in [1.82, 2.24) is 35.2 Å². The minimum Gasteiger partial charge on any atom is -0.357 e. The molecule has 0 spiro atoms. The Balaban J connectivity index is 1.34. The molecule has 11 nitrogen and oxygen atoms in total. The van der Waals surface area contributed by atoms with E-state index in [0.717, 1.165) is 25.0 Å². The zero-order chi connectivity index (χ0) is 23.2. The van der Waals surface area contributed by atoms with E-state index in [0.29, 0.717) is 30.3 Å². The number of piperidine rings is 1. The van der Waals surface area contributed by atoms with Crippen LogP contribution in [0.3, 0.4) is 0 Å². The molecule has 11 heteroatoms. The van der Waals surface area contributed by atoms with Crippen LogP contribution in [0.25, 0.3) is 0 Å². The van der Waals surface area contributed by atoms with E-state index in [-0.39, 0.29) is 36.7 Å². The van der Waals surface area contributed by atoms with E-state index in [9.17, 15) is 14.4 Å². The van der Waals surface area contributed by atoms with Gasteiger partial charge in [-0.05, 0) is 44.4 Å². The number of nitrogens with one attached hydrogen (secondary N) is 4. The summed E-state index contributed by atoms with van der Waals surface area (Å²) >= 11 is 0. The molecule has 0 aromatic carbocycles. The number of H-pyrrole nitrogens is 2. The van der Waals surface area contributed by atoms with Crippen LogP contribution in [0.5, 0.6) is 0 Å². The number of hydrogen-bond donors (Lipinski definition) is 4. The number of anilines is 1. The highest BCUT2D eigenvalue weighted by Crippen LogP contribution is 2.32. The maximum atomic E-state index is 13.2. The Bertz CT molecular complexity index is 1100. The lowest BCUT2D eigenvalue weighted by atomic mass is 9.99. The SMILES string of the molecule is CCn1nccc1C(=O)N1CCCC[C@@H]1c1cc(NC(=O)CCNC(=O)c2ccc[nH]2)n[nH]1. The van der Waals surface area contributed by atoms with Gasteiger partial charge >= 0.3 is 0 Å². The molecule has 1 saturated heterocycles. The Labute approximate surface area is 190 Å². The number of nitrogens with zero attached hydrogens (tertiary/aromatic N) is 4. The summed E-state index contributed by atoms with van der Waals surface area (Å²) < 4.78 is 1.70. The topological polar surface area (TPSA) is 141 Å². The molecule has 1 fully saturated rings. The second kappa shape index (κ2) is 10.2. The fourth-order valence-electron chi connectivity index (χ4n) is 4.04. The molecule has 3 aromatic rings. The Morgan fingerprint density at radius 1 is 1.24 bits per heavy atom. The lowest BCUT2D eigenvalue weighted by Crippen LogP contribution is -2.39. The minimum absolute atomic E-state index is 0.0583. The zero-order valence-corrected chi connectivity index (χ0v) is 18.5. The van der Waals surface area contributed by atoms with Crippen LogP contribution >= 0.6 is 0 Å². The Hall–Kier alpha value is -3.89. The Kier molecular flexibility index (Phi) is 6.86. The standard InChI is InChI=1S/C22H28N8O3/c1-2-30-18(8-12-25-30)22(33)29-13-4-3-7-17(29)16-14-19(28-27-16)26-20(31)9-11-24-21(32)15-6-5-10-23-15/h5-6,8,10,12,14,17,23H,2-4,7,9,11,13H2,1H3,(H,24,32)(H2,26,27,28,31)/t17-/m1/s1. The van der Waals surface area contributed by atoms with Gasteiger partial charge in [-0.3, -0.25) is 24.2 Å². The first kappa shape index (κ1) is 22.3. The number of aryl methyl sites for hydroxylation is 1. The molecule has 4 N–H and O–H groups in total. The molecule has 174 valence electrons. The van der Waals surface area contributed by atoms with E-state index in [4.69, 9.17) is 0 Å². The van der Waals surface area contributed by atoms with Crippen LogP contribution < -0.4 is 10.6 Å². The van der Waals surface area contributed by atoms with Crippen molar-refractivity contribution in [2.24, 2.45) is 0 Å². The summed E-state index contributed by atoms with van der Waals surface area (Å²) in [4.78, 5) is 42.0. The van der Waals surface area contributed by atoms with E-state index in [1.165, 1.54) is 0 Å². The van der Waals surface area contributed by atoms with Crippen molar-refractivity contribution in [2.75, 3.05) is 18.4 Å². The van der Waals surface area contributed by atoms with Gasteiger partial charge < -0.3 is 20.5 Å². The van der Waals surface area contributed by atoms with Gasteiger partial charge in [-0.1, -0.05) is 0 Å². The average molecular weight is 453 g/mol. The number of aromatic amines is 2. The summed E-state index contributed by atoms with van der Waals surface area (Å²) in [7, 11) is 0. The predicted molar refractivity (Wildman–Crippen MR) is 120 cm³/mol. The van der Waals surface area contributed by atoms with Gasteiger partial charge in [-0.2, -0.15) is 10.2 Å². The van der Waals surface area contributed by atoms with Crippen LogP contribution in [-0.2, 0) is 11.3 Å². The van der Waals surface area contributed by atoms with Crippen LogP contribution in [0.2, 0.25) is 0 Å². The summed E-state index contributed by atoms with van der Waals surface area (Å²) in [6, 6.07) is 6.75. The smallest absolute Gasteiger partial charge is 0.272 e. The van der Waals surface area contributed by atoms with Gasteiger partial charge in [0.15, 0.2) is 5.82 Å². The van der Waals surface area contributed by atoms with Gasteiger partial charge in [0.2, 0.25) is 5.91 Å². The first-order valence-corrected chi connectivity index (χ1v) is 11.2. The highest BCUT2D eigenvalue weighted by Gasteiger charge is 2.31. The quantitative estimate of drug-likeness (QED) is 0.414. The summed E-state index contributed by atoms with van der Waals surface area (Å²) in [5.74, 6) is -0.191. The molecule has 0 radical (unpaired) electrons. The molecule has 1 aliphatic rings. The van der Waals surface area contributed by atoms with E-state index in [1.54, 1.807) is 41.3 Å².